The van der Waals surface area contributed by atoms with Crippen LogP contribution in [0.4, 0.5) is 0 Å². The molecule has 0 radical (unpaired) electrons. The summed E-state index contributed by atoms with van der Waals surface area (Å²) in [5, 5.41) is 3.12. The van der Waals surface area contributed by atoms with Gasteiger partial charge in [0, 0.05) is 12.1 Å². The molecule has 0 spiro atoms. The van der Waals surface area contributed by atoms with Gasteiger partial charge in [-0.25, -0.2) is 0 Å². The standard InChI is InChI=1S/C24H26N2O4/c1-3-4-13-26-23(28)19-12-9-17(14-20(19)24(26)29)22(27)25-21(15-5-6-15)16-7-10-18(30-2)11-8-16/h7-12,14-15,21H,3-6,13H2,1-2H3,(H,25,27). The molecular weight excluding hydrogens is 380 g/mol. The van der Waals surface area contributed by atoms with Gasteiger partial charge in [0.1, 0.15) is 5.75 Å². The third kappa shape index (κ3) is 3.82. The Labute approximate surface area is 176 Å². The molecule has 1 saturated carbocycles. The zero-order valence-corrected chi connectivity index (χ0v) is 17.3. The number of hydrogen-bond acceptors (Lipinski definition) is 4. The maximum atomic E-state index is 13.0. The maximum Gasteiger partial charge on any atom is 0.261 e. The van der Waals surface area contributed by atoms with Crippen LogP contribution in [0.1, 0.15) is 75.3 Å². The number of amides is 3. The van der Waals surface area contributed by atoms with E-state index in [2.05, 4.69) is 5.32 Å². The minimum atomic E-state index is -0.313. The average Bonchev–Trinajstić information content (AvgIpc) is 3.58. The van der Waals surface area contributed by atoms with Gasteiger partial charge >= 0.3 is 0 Å². The van der Waals surface area contributed by atoms with E-state index in [-0.39, 0.29) is 23.8 Å². The van der Waals surface area contributed by atoms with Gasteiger partial charge < -0.3 is 10.1 Å². The highest BCUT2D eigenvalue weighted by atomic mass is 16.5. The molecule has 0 saturated heterocycles. The molecule has 30 heavy (non-hydrogen) atoms. The van der Waals surface area contributed by atoms with E-state index in [1.807, 2.05) is 31.2 Å². The van der Waals surface area contributed by atoms with Crippen LogP contribution in [0.5, 0.6) is 5.75 Å². The number of imide groups is 1. The van der Waals surface area contributed by atoms with Gasteiger partial charge in [-0.2, -0.15) is 0 Å². The van der Waals surface area contributed by atoms with Crippen molar-refractivity contribution in [3.05, 3.63) is 64.7 Å². The van der Waals surface area contributed by atoms with Crippen LogP contribution < -0.4 is 10.1 Å². The molecule has 0 aromatic heterocycles. The Kier molecular flexibility index (Phi) is 5.57. The first-order chi connectivity index (χ1) is 14.5. The van der Waals surface area contributed by atoms with E-state index in [0.29, 0.717) is 29.2 Å². The van der Waals surface area contributed by atoms with Crippen LogP contribution in [-0.2, 0) is 0 Å². The Balaban J connectivity index is 1.53. The first kappa shape index (κ1) is 20.1. The van der Waals surface area contributed by atoms with Crippen molar-refractivity contribution in [3.63, 3.8) is 0 Å². The smallest absolute Gasteiger partial charge is 0.261 e. The van der Waals surface area contributed by atoms with Crippen molar-refractivity contribution < 1.29 is 19.1 Å². The molecule has 3 amide bonds. The van der Waals surface area contributed by atoms with Crippen molar-refractivity contribution in [3.8, 4) is 5.75 Å². The largest absolute Gasteiger partial charge is 0.497 e. The molecule has 1 heterocycles. The van der Waals surface area contributed by atoms with Crippen LogP contribution in [0.2, 0.25) is 0 Å². The first-order valence-corrected chi connectivity index (χ1v) is 10.5. The SMILES string of the molecule is CCCCN1C(=O)c2ccc(C(=O)NC(c3ccc(OC)cc3)C3CC3)cc2C1=O. The minimum Gasteiger partial charge on any atom is -0.497 e. The van der Waals surface area contributed by atoms with Gasteiger partial charge in [0.15, 0.2) is 0 Å². The lowest BCUT2D eigenvalue weighted by Crippen LogP contribution is -2.30. The predicted octanol–water partition coefficient (Wildman–Crippen LogP) is 3.97. The zero-order chi connectivity index (χ0) is 21.3. The lowest BCUT2D eigenvalue weighted by Gasteiger charge is -2.19. The Morgan fingerprint density at radius 1 is 1.10 bits per heavy atom. The summed E-state index contributed by atoms with van der Waals surface area (Å²) in [6.45, 7) is 2.42. The Bertz CT molecular complexity index is 979. The number of ether oxygens (including phenoxy) is 1. The van der Waals surface area contributed by atoms with Crippen molar-refractivity contribution in [2.24, 2.45) is 5.92 Å². The van der Waals surface area contributed by atoms with Gasteiger partial charge in [0.25, 0.3) is 17.7 Å². The molecule has 1 atom stereocenters. The molecular formula is C24H26N2O4. The summed E-state index contributed by atoms with van der Waals surface area (Å²) >= 11 is 0. The Hall–Kier alpha value is -3.15. The number of methoxy groups -OCH3 is 1. The molecule has 1 fully saturated rings. The van der Waals surface area contributed by atoms with Crippen molar-refractivity contribution in [1.82, 2.24) is 10.2 Å². The average molecular weight is 406 g/mol. The number of fused-ring (bicyclic) bond motifs is 1. The van der Waals surface area contributed by atoms with Gasteiger partial charge in [-0.3, -0.25) is 19.3 Å². The second-order valence-electron chi connectivity index (χ2n) is 7.94. The van der Waals surface area contributed by atoms with Crippen molar-refractivity contribution >= 4 is 17.7 Å². The lowest BCUT2D eigenvalue weighted by molar-refractivity contribution is 0.0652. The summed E-state index contributed by atoms with van der Waals surface area (Å²) in [4.78, 5) is 39.4. The number of benzene rings is 2. The quantitative estimate of drug-likeness (QED) is 0.673. The van der Waals surface area contributed by atoms with Crippen LogP contribution in [-0.4, -0.2) is 36.3 Å². The molecule has 1 aliphatic heterocycles. The van der Waals surface area contributed by atoms with E-state index in [9.17, 15) is 14.4 Å². The second-order valence-corrected chi connectivity index (χ2v) is 7.94. The number of nitrogens with one attached hydrogen (secondary N) is 1. The number of rotatable bonds is 8. The number of carbonyl (C=O) groups excluding carboxylic acids is 3. The fraction of sp³-hybridized carbons (Fsp3) is 0.375. The molecule has 156 valence electrons. The molecule has 6 heteroatoms. The zero-order valence-electron chi connectivity index (χ0n) is 17.3. The maximum absolute atomic E-state index is 13.0. The van der Waals surface area contributed by atoms with E-state index in [1.165, 1.54) is 4.90 Å². The molecule has 1 aliphatic carbocycles. The van der Waals surface area contributed by atoms with Crippen LogP contribution >= 0.6 is 0 Å². The van der Waals surface area contributed by atoms with E-state index in [4.69, 9.17) is 4.74 Å². The van der Waals surface area contributed by atoms with Crippen LogP contribution in [0.3, 0.4) is 0 Å². The third-order valence-corrected chi connectivity index (χ3v) is 5.82. The van der Waals surface area contributed by atoms with Gasteiger partial charge in [0.2, 0.25) is 0 Å². The Morgan fingerprint density at radius 2 is 1.80 bits per heavy atom. The summed E-state index contributed by atoms with van der Waals surface area (Å²) < 4.78 is 5.22. The van der Waals surface area contributed by atoms with Crippen molar-refractivity contribution in [2.75, 3.05) is 13.7 Å². The van der Waals surface area contributed by atoms with Gasteiger partial charge in [-0.05, 0) is 61.1 Å². The highest BCUT2D eigenvalue weighted by Gasteiger charge is 2.37. The molecule has 2 aromatic carbocycles. The van der Waals surface area contributed by atoms with Gasteiger partial charge in [0.05, 0.1) is 24.3 Å². The number of hydrogen-bond donors (Lipinski definition) is 1. The summed E-state index contributed by atoms with van der Waals surface area (Å²) in [5.41, 5.74) is 2.12. The van der Waals surface area contributed by atoms with E-state index < -0.39 is 0 Å². The van der Waals surface area contributed by atoms with E-state index in [0.717, 1.165) is 37.0 Å². The molecule has 1 unspecified atom stereocenters. The number of unbranched alkanes of at least 4 members (excludes halogenated alkanes) is 1. The van der Waals surface area contributed by atoms with Gasteiger partial charge in [-0.15, -0.1) is 0 Å². The van der Waals surface area contributed by atoms with Crippen molar-refractivity contribution in [1.29, 1.82) is 0 Å². The summed E-state index contributed by atoms with van der Waals surface area (Å²) in [7, 11) is 1.62. The van der Waals surface area contributed by atoms with Crippen molar-refractivity contribution in [2.45, 2.75) is 38.6 Å². The topological polar surface area (TPSA) is 75.7 Å². The monoisotopic (exact) mass is 406 g/mol. The number of nitrogens with zero attached hydrogens (tertiary/aromatic N) is 1. The molecule has 1 N–H and O–H groups in total. The molecule has 4 rings (SSSR count). The third-order valence-electron chi connectivity index (χ3n) is 5.82. The van der Waals surface area contributed by atoms with Crippen LogP contribution in [0, 0.1) is 5.92 Å². The summed E-state index contributed by atoms with van der Waals surface area (Å²) in [5.74, 6) is 0.354. The van der Waals surface area contributed by atoms with E-state index in [1.54, 1.807) is 25.3 Å². The van der Waals surface area contributed by atoms with Crippen LogP contribution in [0.25, 0.3) is 0 Å². The highest BCUT2D eigenvalue weighted by molar-refractivity contribution is 6.22. The predicted molar refractivity (Wildman–Crippen MR) is 113 cm³/mol. The molecule has 6 nitrogen and oxygen atoms in total. The molecule has 2 aromatic rings. The fourth-order valence-corrected chi connectivity index (χ4v) is 3.89. The summed E-state index contributed by atoms with van der Waals surface area (Å²) in [6, 6.07) is 12.4. The lowest BCUT2D eigenvalue weighted by atomic mass is 10.0. The van der Waals surface area contributed by atoms with Gasteiger partial charge in [-0.1, -0.05) is 25.5 Å². The second kappa shape index (κ2) is 8.30. The number of carbonyl (C=O) groups is 3. The summed E-state index contributed by atoms with van der Waals surface area (Å²) in [6.07, 6.45) is 3.81. The highest BCUT2D eigenvalue weighted by Crippen LogP contribution is 2.41. The van der Waals surface area contributed by atoms with E-state index >= 15 is 0 Å². The first-order valence-electron chi connectivity index (χ1n) is 10.5. The molecule has 2 aliphatic rings. The molecule has 0 bridgehead atoms. The Morgan fingerprint density at radius 3 is 2.43 bits per heavy atom. The minimum absolute atomic E-state index is 0.0879. The normalized spacial score (nSPS) is 16.4. The fourth-order valence-electron chi connectivity index (χ4n) is 3.89. The van der Waals surface area contributed by atoms with Crippen LogP contribution in [0.15, 0.2) is 42.5 Å².